The molecule has 0 radical (unpaired) electrons. The first-order valence-electron chi connectivity index (χ1n) is 9.64. The van der Waals surface area contributed by atoms with Crippen molar-refractivity contribution in [2.45, 2.75) is 46.2 Å². The van der Waals surface area contributed by atoms with E-state index in [4.69, 9.17) is 0 Å². The molecule has 1 heterocycles. The van der Waals surface area contributed by atoms with E-state index in [1.807, 2.05) is 6.07 Å². The molecule has 1 atom stereocenters. The molecule has 0 saturated carbocycles. The van der Waals surface area contributed by atoms with Gasteiger partial charge in [0.25, 0.3) is 0 Å². The summed E-state index contributed by atoms with van der Waals surface area (Å²) in [6.45, 7) is 8.62. The van der Waals surface area contributed by atoms with Gasteiger partial charge in [-0.25, -0.2) is 0 Å². The van der Waals surface area contributed by atoms with Gasteiger partial charge in [-0.05, 0) is 31.0 Å². The zero-order chi connectivity index (χ0) is 19.9. The fraction of sp³-hybridized carbons (Fsp3) is 0.619. The van der Waals surface area contributed by atoms with Crippen molar-refractivity contribution < 1.29 is 9.59 Å². The van der Waals surface area contributed by atoms with Crippen LogP contribution in [0.3, 0.4) is 0 Å². The normalized spacial score (nSPS) is 17.4. The van der Waals surface area contributed by atoms with Crippen molar-refractivity contribution in [2.75, 3.05) is 31.8 Å². The summed E-state index contributed by atoms with van der Waals surface area (Å²) < 4.78 is 0. The molecular formula is C21H33N3O2S. The maximum Gasteiger partial charge on any atom is 0.243 e. The minimum atomic E-state index is -0.327. The van der Waals surface area contributed by atoms with E-state index in [-0.39, 0.29) is 23.3 Å². The molecule has 2 amide bonds. The highest BCUT2D eigenvalue weighted by atomic mass is 32.2. The topological polar surface area (TPSA) is 52.7 Å². The van der Waals surface area contributed by atoms with Gasteiger partial charge in [0.2, 0.25) is 11.8 Å². The van der Waals surface area contributed by atoms with E-state index in [9.17, 15) is 9.59 Å². The Labute approximate surface area is 167 Å². The van der Waals surface area contributed by atoms with Crippen LogP contribution in [0.5, 0.6) is 0 Å². The Morgan fingerprint density at radius 1 is 1.26 bits per heavy atom. The SMILES string of the molecule is CN(CCCNC(=O)C1CSCN1C(=O)CC(C)(C)C)Cc1ccccc1. The Morgan fingerprint density at radius 3 is 2.63 bits per heavy atom. The first-order valence-corrected chi connectivity index (χ1v) is 10.8. The molecule has 1 aliphatic rings. The number of rotatable bonds is 8. The molecule has 1 fully saturated rings. The number of nitrogens with one attached hydrogen (secondary N) is 1. The lowest BCUT2D eigenvalue weighted by Gasteiger charge is -2.27. The summed E-state index contributed by atoms with van der Waals surface area (Å²) >= 11 is 1.65. The highest BCUT2D eigenvalue weighted by molar-refractivity contribution is 7.99. The number of benzene rings is 1. The van der Waals surface area contributed by atoms with Crippen molar-refractivity contribution in [3.63, 3.8) is 0 Å². The lowest BCUT2D eigenvalue weighted by molar-refractivity contribution is -0.139. The van der Waals surface area contributed by atoms with Crippen LogP contribution in [-0.2, 0) is 16.1 Å². The number of hydrogen-bond donors (Lipinski definition) is 1. The number of nitrogens with zero attached hydrogens (tertiary/aromatic N) is 2. The van der Waals surface area contributed by atoms with Crippen LogP contribution in [0.25, 0.3) is 0 Å². The highest BCUT2D eigenvalue weighted by Gasteiger charge is 2.35. The fourth-order valence-corrected chi connectivity index (χ4v) is 4.29. The van der Waals surface area contributed by atoms with Crippen molar-refractivity contribution in [1.82, 2.24) is 15.1 Å². The molecule has 0 spiro atoms. The summed E-state index contributed by atoms with van der Waals surface area (Å²) in [5, 5.41) is 3.02. The molecule has 1 aliphatic heterocycles. The number of carbonyl (C=O) groups is 2. The zero-order valence-electron chi connectivity index (χ0n) is 17.0. The van der Waals surface area contributed by atoms with Gasteiger partial charge in [0.1, 0.15) is 6.04 Å². The van der Waals surface area contributed by atoms with Gasteiger partial charge in [-0.3, -0.25) is 9.59 Å². The third kappa shape index (κ3) is 7.54. The number of hydrogen-bond acceptors (Lipinski definition) is 4. The van der Waals surface area contributed by atoms with E-state index >= 15 is 0 Å². The smallest absolute Gasteiger partial charge is 0.243 e. The number of amides is 2. The molecule has 6 heteroatoms. The van der Waals surface area contributed by atoms with Gasteiger partial charge in [0.05, 0.1) is 5.88 Å². The first-order chi connectivity index (χ1) is 12.8. The Balaban J connectivity index is 1.70. The Bertz CT molecular complexity index is 616. The molecule has 1 aromatic rings. The minimum Gasteiger partial charge on any atom is -0.354 e. The van der Waals surface area contributed by atoms with Gasteiger partial charge in [0.15, 0.2) is 0 Å². The maximum atomic E-state index is 12.5. The second kappa shape index (κ2) is 10.1. The minimum absolute atomic E-state index is 0.0204. The molecule has 0 bridgehead atoms. The van der Waals surface area contributed by atoms with E-state index < -0.39 is 0 Å². The van der Waals surface area contributed by atoms with Gasteiger partial charge in [-0.2, -0.15) is 0 Å². The summed E-state index contributed by atoms with van der Waals surface area (Å²) in [7, 11) is 2.09. The number of carbonyl (C=O) groups excluding carboxylic acids is 2. The van der Waals surface area contributed by atoms with Crippen LogP contribution >= 0.6 is 11.8 Å². The van der Waals surface area contributed by atoms with E-state index in [2.05, 4.69) is 62.3 Å². The summed E-state index contributed by atoms with van der Waals surface area (Å²) in [4.78, 5) is 29.0. The summed E-state index contributed by atoms with van der Waals surface area (Å²) in [5.74, 6) is 1.37. The van der Waals surface area contributed by atoms with Crippen molar-refractivity contribution >= 4 is 23.6 Å². The van der Waals surface area contributed by atoms with Crippen molar-refractivity contribution in [1.29, 1.82) is 0 Å². The van der Waals surface area contributed by atoms with Crippen LogP contribution in [0.15, 0.2) is 30.3 Å². The van der Waals surface area contributed by atoms with E-state index in [1.54, 1.807) is 16.7 Å². The van der Waals surface area contributed by atoms with E-state index in [1.165, 1.54) is 5.56 Å². The van der Waals surface area contributed by atoms with Crippen LogP contribution in [0.1, 0.15) is 39.2 Å². The van der Waals surface area contributed by atoms with E-state index in [0.29, 0.717) is 24.6 Å². The molecule has 0 aliphatic carbocycles. The maximum absolute atomic E-state index is 12.5. The lowest BCUT2D eigenvalue weighted by Crippen LogP contribution is -2.48. The quantitative estimate of drug-likeness (QED) is 0.692. The second-order valence-corrected chi connectivity index (χ2v) is 9.48. The molecule has 2 rings (SSSR count). The van der Waals surface area contributed by atoms with Crippen LogP contribution in [0.4, 0.5) is 0 Å². The van der Waals surface area contributed by atoms with Crippen LogP contribution in [0.2, 0.25) is 0 Å². The Morgan fingerprint density at radius 2 is 1.96 bits per heavy atom. The van der Waals surface area contributed by atoms with Crippen molar-refractivity contribution in [3.8, 4) is 0 Å². The summed E-state index contributed by atoms with van der Waals surface area (Å²) in [6, 6.07) is 10.0. The molecule has 5 nitrogen and oxygen atoms in total. The third-order valence-corrected chi connectivity index (χ3v) is 5.51. The summed E-state index contributed by atoms with van der Waals surface area (Å²) in [5.41, 5.74) is 1.23. The second-order valence-electron chi connectivity index (χ2n) is 8.48. The molecule has 27 heavy (non-hydrogen) atoms. The van der Waals surface area contributed by atoms with Crippen molar-refractivity contribution in [3.05, 3.63) is 35.9 Å². The average Bonchev–Trinajstić information content (AvgIpc) is 3.08. The van der Waals surface area contributed by atoms with Gasteiger partial charge in [0, 0.05) is 25.3 Å². The standard InChI is InChI=1S/C21H33N3O2S/c1-21(2,3)13-19(25)24-16-27-15-18(24)20(26)22-11-8-12-23(4)14-17-9-6-5-7-10-17/h5-7,9-10,18H,8,11-16H2,1-4H3,(H,22,26). The first kappa shape index (κ1) is 21.8. The van der Waals surface area contributed by atoms with Crippen molar-refractivity contribution in [2.24, 2.45) is 5.41 Å². The van der Waals surface area contributed by atoms with Gasteiger partial charge in [-0.15, -0.1) is 11.8 Å². The third-order valence-electron chi connectivity index (χ3n) is 4.50. The molecule has 1 N–H and O–H groups in total. The average molecular weight is 392 g/mol. The molecule has 1 aromatic carbocycles. The Kier molecular flexibility index (Phi) is 8.17. The predicted octanol–water partition coefficient (Wildman–Crippen LogP) is 2.96. The van der Waals surface area contributed by atoms with Gasteiger partial charge >= 0.3 is 0 Å². The molecular weight excluding hydrogens is 358 g/mol. The van der Waals surface area contributed by atoms with Crippen LogP contribution in [0, 0.1) is 5.41 Å². The zero-order valence-corrected chi connectivity index (χ0v) is 17.8. The number of thioether (sulfide) groups is 1. The highest BCUT2D eigenvalue weighted by Crippen LogP contribution is 2.26. The van der Waals surface area contributed by atoms with Gasteiger partial charge < -0.3 is 15.1 Å². The lowest BCUT2D eigenvalue weighted by atomic mass is 9.91. The predicted molar refractivity (Wildman–Crippen MR) is 112 cm³/mol. The molecule has 1 unspecified atom stereocenters. The molecule has 1 saturated heterocycles. The molecule has 150 valence electrons. The summed E-state index contributed by atoms with van der Waals surface area (Å²) in [6.07, 6.45) is 1.37. The van der Waals surface area contributed by atoms with Crippen LogP contribution in [-0.4, -0.2) is 59.4 Å². The van der Waals surface area contributed by atoms with Crippen LogP contribution < -0.4 is 5.32 Å². The van der Waals surface area contributed by atoms with E-state index in [0.717, 1.165) is 19.5 Å². The molecule has 0 aromatic heterocycles. The Hall–Kier alpha value is -1.53. The van der Waals surface area contributed by atoms with Gasteiger partial charge in [-0.1, -0.05) is 51.1 Å². The largest absolute Gasteiger partial charge is 0.354 e. The monoisotopic (exact) mass is 391 g/mol. The fourth-order valence-electron chi connectivity index (χ4n) is 3.11.